The number of ketones is 1. The molecular formula is C16H15BrO4. The van der Waals surface area contributed by atoms with E-state index in [1.807, 2.05) is 12.1 Å². The Morgan fingerprint density at radius 1 is 1.29 bits per heavy atom. The van der Waals surface area contributed by atoms with E-state index in [1.54, 1.807) is 18.2 Å². The molecule has 1 heterocycles. The number of allylic oxidation sites excluding steroid dienone is 2. The van der Waals surface area contributed by atoms with Crippen LogP contribution in [-0.2, 0) is 19.1 Å². The molecule has 0 radical (unpaired) electrons. The zero-order valence-electron chi connectivity index (χ0n) is 11.6. The highest BCUT2D eigenvalue weighted by molar-refractivity contribution is 9.10. The monoisotopic (exact) mass is 350 g/mol. The van der Waals surface area contributed by atoms with E-state index >= 15 is 0 Å². The number of carbonyl (C=O) groups excluding carboxylic acids is 2. The van der Waals surface area contributed by atoms with Crippen molar-refractivity contribution in [1.82, 2.24) is 0 Å². The first kappa shape index (κ1) is 15.5. The third-order valence-corrected chi connectivity index (χ3v) is 3.52. The zero-order valence-corrected chi connectivity index (χ0v) is 13.2. The highest BCUT2D eigenvalue weighted by atomic mass is 79.9. The van der Waals surface area contributed by atoms with Gasteiger partial charge in [0.1, 0.15) is 5.57 Å². The summed E-state index contributed by atoms with van der Waals surface area (Å²) in [6.07, 6.45) is 4.87. The number of hydrogen-bond acceptors (Lipinski definition) is 4. The zero-order chi connectivity index (χ0) is 15.2. The van der Waals surface area contributed by atoms with Gasteiger partial charge in [-0.15, -0.1) is 0 Å². The summed E-state index contributed by atoms with van der Waals surface area (Å²) in [4.78, 5) is 24.3. The Bertz CT molecular complexity index is 599. The number of hydrogen-bond donors (Lipinski definition) is 0. The normalized spacial score (nSPS) is 15.0. The lowest BCUT2D eigenvalue weighted by Gasteiger charge is -2.14. The highest BCUT2D eigenvalue weighted by Crippen LogP contribution is 2.19. The van der Waals surface area contributed by atoms with Crippen LogP contribution in [0.4, 0.5) is 0 Å². The molecular weight excluding hydrogens is 336 g/mol. The molecule has 0 atom stereocenters. The van der Waals surface area contributed by atoms with Gasteiger partial charge in [0, 0.05) is 4.47 Å². The molecule has 0 unspecified atom stereocenters. The lowest BCUT2D eigenvalue weighted by Crippen LogP contribution is -2.19. The van der Waals surface area contributed by atoms with Gasteiger partial charge in [-0.25, -0.2) is 4.79 Å². The molecule has 21 heavy (non-hydrogen) atoms. The van der Waals surface area contributed by atoms with Gasteiger partial charge in [0.05, 0.1) is 13.7 Å². The maximum absolute atomic E-state index is 12.4. The number of esters is 1. The predicted octanol–water partition coefficient (Wildman–Crippen LogP) is 3.27. The summed E-state index contributed by atoms with van der Waals surface area (Å²) in [5.41, 5.74) is 0.705. The molecule has 0 aromatic heterocycles. The van der Waals surface area contributed by atoms with Gasteiger partial charge in [0.25, 0.3) is 0 Å². The van der Waals surface area contributed by atoms with Crippen molar-refractivity contribution < 1.29 is 19.1 Å². The van der Waals surface area contributed by atoms with E-state index < -0.39 is 11.8 Å². The number of ether oxygens (including phenoxy) is 2. The molecule has 1 aromatic carbocycles. The molecule has 0 spiro atoms. The van der Waals surface area contributed by atoms with Crippen LogP contribution in [0.5, 0.6) is 0 Å². The topological polar surface area (TPSA) is 52.6 Å². The molecule has 0 aliphatic carbocycles. The minimum absolute atomic E-state index is 0.0343. The quantitative estimate of drug-likeness (QED) is 0.362. The average Bonchev–Trinajstić information content (AvgIpc) is 2.54. The van der Waals surface area contributed by atoms with Gasteiger partial charge in [-0.2, -0.15) is 0 Å². The smallest absolute Gasteiger partial charge is 0.342 e. The fraction of sp³-hybridized carbons (Fsp3) is 0.250. The lowest BCUT2D eigenvalue weighted by molar-refractivity contribution is -0.137. The second-order valence-corrected chi connectivity index (χ2v) is 5.41. The second-order valence-electron chi connectivity index (χ2n) is 4.49. The van der Waals surface area contributed by atoms with E-state index in [1.165, 1.54) is 13.2 Å². The first-order valence-electron chi connectivity index (χ1n) is 6.55. The van der Waals surface area contributed by atoms with Crippen LogP contribution in [0.15, 0.2) is 46.1 Å². The van der Waals surface area contributed by atoms with Crippen LogP contribution < -0.4 is 0 Å². The molecule has 110 valence electrons. The van der Waals surface area contributed by atoms with E-state index in [9.17, 15) is 9.59 Å². The van der Waals surface area contributed by atoms with Gasteiger partial charge in [0.15, 0.2) is 5.76 Å². The fourth-order valence-corrected chi connectivity index (χ4v) is 2.17. The standard InChI is InChI=1S/C16H15BrO4/c1-20-16(19)13(10-11-5-7-12(17)8-6-11)15(18)14-4-2-3-9-21-14/h4-8,10H,2-3,9H2,1H3/b13-10+. The molecule has 1 aromatic rings. The Hall–Kier alpha value is -1.88. The van der Waals surface area contributed by atoms with Crippen LogP contribution in [0.1, 0.15) is 18.4 Å². The number of Topliss-reactive ketones (excluding diaryl/α,β-unsaturated/α-hetero) is 1. The van der Waals surface area contributed by atoms with Crippen molar-refractivity contribution in [3.05, 3.63) is 51.7 Å². The number of benzene rings is 1. The van der Waals surface area contributed by atoms with Crippen molar-refractivity contribution in [2.75, 3.05) is 13.7 Å². The molecule has 2 rings (SSSR count). The van der Waals surface area contributed by atoms with E-state index in [4.69, 9.17) is 9.47 Å². The number of carbonyl (C=O) groups is 2. The molecule has 1 aliphatic heterocycles. The Morgan fingerprint density at radius 2 is 2.00 bits per heavy atom. The van der Waals surface area contributed by atoms with E-state index in [0.717, 1.165) is 22.9 Å². The van der Waals surface area contributed by atoms with Crippen LogP contribution in [0.25, 0.3) is 6.08 Å². The number of rotatable bonds is 4. The number of halogens is 1. The van der Waals surface area contributed by atoms with Crippen molar-refractivity contribution in [1.29, 1.82) is 0 Å². The second kappa shape index (κ2) is 7.22. The van der Waals surface area contributed by atoms with Crippen LogP contribution >= 0.6 is 15.9 Å². The first-order chi connectivity index (χ1) is 10.1. The Balaban J connectivity index is 2.34. The summed E-state index contributed by atoms with van der Waals surface area (Å²) in [7, 11) is 1.25. The summed E-state index contributed by atoms with van der Waals surface area (Å²) >= 11 is 3.34. The van der Waals surface area contributed by atoms with Gasteiger partial charge in [-0.1, -0.05) is 28.1 Å². The predicted molar refractivity (Wildman–Crippen MR) is 82.4 cm³/mol. The minimum atomic E-state index is -0.669. The maximum atomic E-state index is 12.4. The van der Waals surface area contributed by atoms with Crippen molar-refractivity contribution in [3.63, 3.8) is 0 Å². The molecule has 5 heteroatoms. The molecule has 0 fully saturated rings. The third-order valence-electron chi connectivity index (χ3n) is 2.99. The van der Waals surface area contributed by atoms with Crippen molar-refractivity contribution in [2.24, 2.45) is 0 Å². The molecule has 0 saturated heterocycles. The minimum Gasteiger partial charge on any atom is -0.490 e. The van der Waals surface area contributed by atoms with Gasteiger partial charge in [-0.05, 0) is 42.7 Å². The van der Waals surface area contributed by atoms with Crippen LogP contribution in [0.2, 0.25) is 0 Å². The number of methoxy groups -OCH3 is 1. The van der Waals surface area contributed by atoms with Gasteiger partial charge in [0.2, 0.25) is 5.78 Å². The van der Waals surface area contributed by atoms with E-state index in [2.05, 4.69) is 15.9 Å². The fourth-order valence-electron chi connectivity index (χ4n) is 1.90. The van der Waals surface area contributed by atoms with Crippen molar-refractivity contribution >= 4 is 33.8 Å². The maximum Gasteiger partial charge on any atom is 0.342 e. The Morgan fingerprint density at radius 3 is 2.57 bits per heavy atom. The molecule has 1 aliphatic rings. The van der Waals surface area contributed by atoms with Crippen LogP contribution in [-0.4, -0.2) is 25.5 Å². The summed E-state index contributed by atoms with van der Waals surface area (Å²) in [6, 6.07) is 7.27. The van der Waals surface area contributed by atoms with Crippen molar-refractivity contribution in [2.45, 2.75) is 12.8 Å². The summed E-state index contributed by atoms with van der Waals surface area (Å²) < 4.78 is 10.9. The molecule has 0 saturated carbocycles. The summed E-state index contributed by atoms with van der Waals surface area (Å²) in [5.74, 6) is -0.891. The molecule has 0 amide bonds. The molecule has 0 bridgehead atoms. The summed E-state index contributed by atoms with van der Waals surface area (Å²) in [6.45, 7) is 0.490. The van der Waals surface area contributed by atoms with E-state index in [-0.39, 0.29) is 11.3 Å². The van der Waals surface area contributed by atoms with E-state index in [0.29, 0.717) is 6.61 Å². The van der Waals surface area contributed by atoms with Gasteiger partial charge < -0.3 is 9.47 Å². The molecule has 0 N–H and O–H groups in total. The highest BCUT2D eigenvalue weighted by Gasteiger charge is 2.24. The Labute approximate surface area is 131 Å². The van der Waals surface area contributed by atoms with Crippen LogP contribution in [0.3, 0.4) is 0 Å². The first-order valence-corrected chi connectivity index (χ1v) is 7.34. The summed E-state index contributed by atoms with van der Waals surface area (Å²) in [5, 5.41) is 0. The van der Waals surface area contributed by atoms with Gasteiger partial charge in [-0.3, -0.25) is 4.79 Å². The average molecular weight is 351 g/mol. The van der Waals surface area contributed by atoms with Gasteiger partial charge >= 0.3 is 5.97 Å². The van der Waals surface area contributed by atoms with Crippen molar-refractivity contribution in [3.8, 4) is 0 Å². The molecule has 4 nitrogen and oxygen atoms in total. The lowest BCUT2D eigenvalue weighted by atomic mass is 10.0. The largest absolute Gasteiger partial charge is 0.490 e. The Kier molecular flexibility index (Phi) is 5.33. The SMILES string of the molecule is COC(=O)/C(=C/c1ccc(Br)cc1)C(=O)C1=CCCCO1. The third kappa shape index (κ3) is 4.04. The van der Waals surface area contributed by atoms with Crippen LogP contribution in [0, 0.1) is 0 Å².